The molecular weight excluding hydrogens is 331 g/mol. The van der Waals surface area contributed by atoms with Gasteiger partial charge in [-0.25, -0.2) is 4.39 Å². The fourth-order valence-electron chi connectivity index (χ4n) is 2.66. The highest BCUT2D eigenvalue weighted by Crippen LogP contribution is 2.21. The third-order valence-electron chi connectivity index (χ3n) is 4.02. The molecule has 0 aliphatic carbocycles. The maximum Gasteiger partial charge on any atom is 0.254 e. The third-order valence-corrected chi connectivity index (χ3v) is 4.31. The SMILES string of the molecule is Cc1ccc(N2CCN(C(=O)c3ccc(F)c(Cl)c3)CC2=O)cc1. The maximum atomic E-state index is 13.2. The molecule has 24 heavy (non-hydrogen) atoms. The van der Waals surface area contributed by atoms with Crippen molar-refractivity contribution in [3.63, 3.8) is 0 Å². The monoisotopic (exact) mass is 346 g/mol. The van der Waals surface area contributed by atoms with Crippen molar-refractivity contribution < 1.29 is 14.0 Å². The number of hydrogen-bond acceptors (Lipinski definition) is 2. The Morgan fingerprint density at radius 1 is 1.12 bits per heavy atom. The van der Waals surface area contributed by atoms with Crippen LogP contribution in [-0.2, 0) is 4.79 Å². The van der Waals surface area contributed by atoms with Gasteiger partial charge in [-0.2, -0.15) is 0 Å². The molecule has 0 saturated carbocycles. The van der Waals surface area contributed by atoms with Gasteiger partial charge in [0.1, 0.15) is 12.4 Å². The Bertz CT molecular complexity index is 792. The van der Waals surface area contributed by atoms with Crippen LogP contribution in [-0.4, -0.2) is 36.3 Å². The highest BCUT2D eigenvalue weighted by Gasteiger charge is 2.28. The molecule has 1 aliphatic rings. The van der Waals surface area contributed by atoms with Crippen molar-refractivity contribution in [1.82, 2.24) is 4.90 Å². The van der Waals surface area contributed by atoms with Crippen LogP contribution in [0.15, 0.2) is 42.5 Å². The number of carbonyl (C=O) groups is 2. The van der Waals surface area contributed by atoms with Crippen molar-refractivity contribution in [3.05, 3.63) is 64.4 Å². The molecule has 0 unspecified atom stereocenters. The van der Waals surface area contributed by atoms with Crippen molar-refractivity contribution in [2.75, 3.05) is 24.5 Å². The summed E-state index contributed by atoms with van der Waals surface area (Å²) in [6.07, 6.45) is 0. The van der Waals surface area contributed by atoms with Gasteiger partial charge in [-0.15, -0.1) is 0 Å². The van der Waals surface area contributed by atoms with Gasteiger partial charge < -0.3 is 9.80 Å². The van der Waals surface area contributed by atoms with E-state index in [0.29, 0.717) is 13.1 Å². The number of rotatable bonds is 2. The average Bonchev–Trinajstić information content (AvgIpc) is 2.57. The number of anilines is 1. The summed E-state index contributed by atoms with van der Waals surface area (Å²) in [5.74, 6) is -1.05. The van der Waals surface area contributed by atoms with E-state index in [0.717, 1.165) is 17.3 Å². The van der Waals surface area contributed by atoms with Crippen LogP contribution in [0.1, 0.15) is 15.9 Å². The highest BCUT2D eigenvalue weighted by atomic mass is 35.5. The summed E-state index contributed by atoms with van der Waals surface area (Å²) in [5.41, 5.74) is 2.22. The zero-order chi connectivity index (χ0) is 17.3. The second kappa shape index (κ2) is 6.61. The Morgan fingerprint density at radius 2 is 1.83 bits per heavy atom. The molecule has 0 N–H and O–H groups in total. The number of benzene rings is 2. The van der Waals surface area contributed by atoms with E-state index in [1.807, 2.05) is 31.2 Å². The summed E-state index contributed by atoms with van der Waals surface area (Å²) < 4.78 is 13.2. The van der Waals surface area contributed by atoms with Gasteiger partial charge in [-0.3, -0.25) is 9.59 Å². The van der Waals surface area contributed by atoms with E-state index in [1.165, 1.54) is 17.0 Å². The number of nitrogens with zero attached hydrogens (tertiary/aromatic N) is 2. The van der Waals surface area contributed by atoms with E-state index >= 15 is 0 Å². The van der Waals surface area contributed by atoms with E-state index in [2.05, 4.69) is 0 Å². The lowest BCUT2D eigenvalue weighted by Crippen LogP contribution is -2.52. The van der Waals surface area contributed by atoms with Gasteiger partial charge in [0.05, 0.1) is 5.02 Å². The van der Waals surface area contributed by atoms with Crippen molar-refractivity contribution in [1.29, 1.82) is 0 Å². The van der Waals surface area contributed by atoms with Gasteiger partial charge in [0, 0.05) is 24.3 Å². The topological polar surface area (TPSA) is 40.6 Å². The van der Waals surface area contributed by atoms with Gasteiger partial charge in [0.15, 0.2) is 0 Å². The lowest BCUT2D eigenvalue weighted by atomic mass is 10.1. The fraction of sp³-hybridized carbons (Fsp3) is 0.222. The molecule has 2 aromatic carbocycles. The van der Waals surface area contributed by atoms with E-state index < -0.39 is 5.82 Å². The second-order valence-corrected chi connectivity index (χ2v) is 6.14. The Labute approximate surface area is 144 Å². The predicted molar refractivity (Wildman–Crippen MR) is 90.8 cm³/mol. The Balaban J connectivity index is 1.72. The maximum absolute atomic E-state index is 13.2. The first-order valence-corrected chi connectivity index (χ1v) is 7.95. The summed E-state index contributed by atoms with van der Waals surface area (Å²) >= 11 is 5.72. The first-order valence-electron chi connectivity index (χ1n) is 7.57. The van der Waals surface area contributed by atoms with Crippen LogP contribution in [0.2, 0.25) is 5.02 Å². The fourth-order valence-corrected chi connectivity index (χ4v) is 2.84. The Kier molecular flexibility index (Phi) is 4.53. The quantitative estimate of drug-likeness (QED) is 0.837. The van der Waals surface area contributed by atoms with E-state index in [4.69, 9.17) is 11.6 Å². The summed E-state index contributed by atoms with van der Waals surface area (Å²) in [6, 6.07) is 11.5. The van der Waals surface area contributed by atoms with Gasteiger partial charge in [-0.05, 0) is 37.3 Å². The first-order chi connectivity index (χ1) is 11.5. The molecule has 4 nitrogen and oxygen atoms in total. The van der Waals surface area contributed by atoms with Crippen LogP contribution in [0, 0.1) is 12.7 Å². The minimum atomic E-state index is -0.575. The van der Waals surface area contributed by atoms with Crippen LogP contribution >= 0.6 is 11.6 Å². The number of hydrogen-bond donors (Lipinski definition) is 0. The van der Waals surface area contributed by atoms with Crippen LogP contribution in [0.4, 0.5) is 10.1 Å². The molecule has 1 saturated heterocycles. The molecule has 1 heterocycles. The summed E-state index contributed by atoms with van der Waals surface area (Å²) in [4.78, 5) is 28.0. The van der Waals surface area contributed by atoms with E-state index in [-0.39, 0.29) is 28.9 Å². The van der Waals surface area contributed by atoms with Crippen molar-refractivity contribution >= 4 is 29.1 Å². The lowest BCUT2D eigenvalue weighted by molar-refractivity contribution is -0.120. The molecule has 1 aliphatic heterocycles. The molecule has 0 radical (unpaired) electrons. The molecule has 6 heteroatoms. The number of aryl methyl sites for hydroxylation is 1. The second-order valence-electron chi connectivity index (χ2n) is 5.74. The molecule has 3 rings (SSSR count). The number of halogens is 2. The molecule has 2 amide bonds. The summed E-state index contributed by atoms with van der Waals surface area (Å²) in [7, 11) is 0. The molecule has 2 aromatic rings. The van der Waals surface area contributed by atoms with Crippen LogP contribution < -0.4 is 4.90 Å². The summed E-state index contributed by atoms with van der Waals surface area (Å²) in [5, 5.41) is -0.106. The predicted octanol–water partition coefficient (Wildman–Crippen LogP) is 3.28. The molecule has 0 atom stereocenters. The van der Waals surface area contributed by atoms with Gasteiger partial charge in [0.25, 0.3) is 5.91 Å². The van der Waals surface area contributed by atoms with Gasteiger partial charge in [0.2, 0.25) is 5.91 Å². The zero-order valence-electron chi connectivity index (χ0n) is 13.1. The van der Waals surface area contributed by atoms with Crippen LogP contribution in [0.3, 0.4) is 0 Å². The highest BCUT2D eigenvalue weighted by molar-refractivity contribution is 6.31. The first kappa shape index (κ1) is 16.5. The van der Waals surface area contributed by atoms with E-state index in [9.17, 15) is 14.0 Å². The Hall–Kier alpha value is -2.40. The molecule has 0 spiro atoms. The van der Waals surface area contributed by atoms with Gasteiger partial charge in [-0.1, -0.05) is 29.3 Å². The standard InChI is InChI=1S/C18H16ClFN2O2/c1-12-2-5-14(6-3-12)22-9-8-21(11-17(22)23)18(24)13-4-7-16(20)15(19)10-13/h2-7,10H,8-9,11H2,1H3. The average molecular weight is 347 g/mol. The zero-order valence-corrected chi connectivity index (χ0v) is 13.9. The Morgan fingerprint density at radius 3 is 2.46 bits per heavy atom. The van der Waals surface area contributed by atoms with Crippen molar-refractivity contribution in [2.24, 2.45) is 0 Å². The van der Waals surface area contributed by atoms with Crippen LogP contribution in [0.25, 0.3) is 0 Å². The molecule has 0 aromatic heterocycles. The smallest absolute Gasteiger partial charge is 0.254 e. The number of piperazine rings is 1. The molecule has 1 fully saturated rings. The van der Waals surface area contributed by atoms with Crippen molar-refractivity contribution in [3.8, 4) is 0 Å². The lowest BCUT2D eigenvalue weighted by Gasteiger charge is -2.34. The largest absolute Gasteiger partial charge is 0.328 e. The van der Waals surface area contributed by atoms with E-state index in [1.54, 1.807) is 4.90 Å². The van der Waals surface area contributed by atoms with Crippen molar-refractivity contribution in [2.45, 2.75) is 6.92 Å². The minimum Gasteiger partial charge on any atom is -0.328 e. The number of carbonyl (C=O) groups excluding carboxylic acids is 2. The normalized spacial score (nSPS) is 14.9. The van der Waals surface area contributed by atoms with Crippen LogP contribution in [0.5, 0.6) is 0 Å². The molecular formula is C18H16ClFN2O2. The molecule has 0 bridgehead atoms. The summed E-state index contributed by atoms with van der Waals surface area (Å²) in [6.45, 7) is 2.80. The number of amides is 2. The van der Waals surface area contributed by atoms with Gasteiger partial charge >= 0.3 is 0 Å². The molecule has 124 valence electrons. The minimum absolute atomic E-state index is 0.0122. The third kappa shape index (κ3) is 3.26.